The summed E-state index contributed by atoms with van der Waals surface area (Å²) in [6.45, 7) is 3.37. The van der Waals surface area contributed by atoms with E-state index < -0.39 is 46.0 Å². The van der Waals surface area contributed by atoms with Crippen LogP contribution in [0.15, 0.2) is 29.2 Å². The van der Waals surface area contributed by atoms with Gasteiger partial charge < -0.3 is 26.2 Å². The van der Waals surface area contributed by atoms with Crippen LogP contribution < -0.4 is 16.4 Å². The number of carbonyl (C=O) groups excluding carboxylic acids is 3. The third-order valence-corrected chi connectivity index (χ3v) is 5.10. The Bertz CT molecular complexity index is 906. The number of esters is 1. The number of nitrogens with two attached hydrogens (primary N) is 1. The second kappa shape index (κ2) is 15.2. The van der Waals surface area contributed by atoms with Crippen LogP contribution in [0.5, 0.6) is 0 Å². The van der Waals surface area contributed by atoms with Crippen LogP contribution in [0.2, 0.25) is 0 Å². The molecule has 0 saturated heterocycles. The Labute approximate surface area is 197 Å². The van der Waals surface area contributed by atoms with Crippen LogP contribution in [0.3, 0.4) is 0 Å². The number of carboxylic acids is 1. The fourth-order valence-corrected chi connectivity index (χ4v) is 2.81. The Morgan fingerprint density at radius 3 is 2.21 bits per heavy atom. The van der Waals surface area contributed by atoms with E-state index in [1.165, 1.54) is 12.1 Å². The molecule has 1 aromatic carbocycles. The number of carbonyl (C=O) groups is 4. The van der Waals surface area contributed by atoms with Crippen LogP contribution in [-0.4, -0.2) is 72.8 Å². The second-order valence-corrected chi connectivity index (χ2v) is 8.38. The van der Waals surface area contributed by atoms with E-state index in [9.17, 15) is 27.6 Å². The van der Waals surface area contributed by atoms with Gasteiger partial charge in [-0.15, -0.1) is 0 Å². The maximum Gasteiger partial charge on any atom is 0.325 e. The zero-order valence-electron chi connectivity index (χ0n) is 18.2. The van der Waals surface area contributed by atoms with Crippen molar-refractivity contribution in [3.8, 4) is 0 Å². The molecular weight excluding hydrogens is 478 g/mol. The number of thiol groups is 1. The van der Waals surface area contributed by atoms with E-state index in [4.69, 9.17) is 15.4 Å². The summed E-state index contributed by atoms with van der Waals surface area (Å²) in [6.07, 6.45) is -0.187. The Hall–Kier alpha value is -2.68. The molecule has 2 amide bonds. The lowest BCUT2D eigenvalue weighted by Gasteiger charge is -2.16. The Morgan fingerprint density at radius 1 is 1.18 bits per heavy atom. The Balaban J connectivity index is 0.000000771. The van der Waals surface area contributed by atoms with Crippen LogP contribution in [-0.2, 0) is 34.0 Å². The predicted octanol–water partition coefficient (Wildman–Crippen LogP) is -0.486. The van der Waals surface area contributed by atoms with E-state index in [-0.39, 0.29) is 36.6 Å². The lowest BCUT2D eigenvalue weighted by Crippen LogP contribution is -2.49. The summed E-state index contributed by atoms with van der Waals surface area (Å²) >= 11 is 3.95. The number of hydrogen-bond donors (Lipinski definition) is 6. The number of aliphatic carboxylic acids is 1. The normalized spacial score (nSPS) is 12.4. The monoisotopic (exact) mass is 507 g/mol. The van der Waals surface area contributed by atoms with Crippen molar-refractivity contribution in [2.24, 2.45) is 5.73 Å². The third-order valence-electron chi connectivity index (χ3n) is 3.87. The highest BCUT2D eigenvalue weighted by Crippen LogP contribution is 2.08. The molecule has 6 N–H and O–H groups in total. The molecule has 0 fully saturated rings. The highest BCUT2D eigenvalue weighted by atomic mass is 32.2. The van der Waals surface area contributed by atoms with E-state index in [1.807, 2.05) is 6.92 Å². The number of ether oxygens (including phenoxy) is 1. The van der Waals surface area contributed by atoms with Crippen molar-refractivity contribution < 1.29 is 42.0 Å². The van der Waals surface area contributed by atoms with E-state index >= 15 is 0 Å². The fraction of sp³-hybridized carbons (Fsp3) is 0.474. The predicted molar refractivity (Wildman–Crippen MR) is 121 cm³/mol. The molecule has 0 bridgehead atoms. The number of carboxylic acid groups (broad SMARTS) is 1. The summed E-state index contributed by atoms with van der Waals surface area (Å²) < 4.78 is 34.2. The molecule has 12 nitrogen and oxygen atoms in total. The fourth-order valence-electron chi connectivity index (χ4n) is 2.08. The SMILES string of the molecule is CCOC(=O)CNC(=O)C(CS)NC(=O)CCC(N)C(=O)O.Cc1ccc(S(=O)(=O)O)cc1. The molecule has 0 aliphatic carbocycles. The number of hydrogen-bond acceptors (Lipinski definition) is 9. The minimum Gasteiger partial charge on any atom is -0.480 e. The van der Waals surface area contributed by atoms with Crippen molar-refractivity contribution in [1.29, 1.82) is 0 Å². The molecule has 0 aromatic heterocycles. The summed E-state index contributed by atoms with van der Waals surface area (Å²) in [6, 6.07) is 3.91. The molecule has 0 saturated carbocycles. The average Bonchev–Trinajstić information content (AvgIpc) is 2.74. The molecule has 2 atom stereocenters. The first kappa shape index (κ1) is 30.3. The third kappa shape index (κ3) is 13.5. The molecule has 186 valence electrons. The van der Waals surface area contributed by atoms with Gasteiger partial charge in [-0.2, -0.15) is 21.0 Å². The molecule has 2 unspecified atom stereocenters. The molecule has 0 radical (unpaired) electrons. The van der Waals surface area contributed by atoms with Gasteiger partial charge in [0.05, 0.1) is 11.5 Å². The van der Waals surface area contributed by atoms with Gasteiger partial charge in [-0.25, -0.2) is 0 Å². The van der Waals surface area contributed by atoms with Gasteiger partial charge in [-0.05, 0) is 32.4 Å². The maximum atomic E-state index is 11.8. The minimum atomic E-state index is -4.02. The Morgan fingerprint density at radius 2 is 1.76 bits per heavy atom. The smallest absolute Gasteiger partial charge is 0.325 e. The topological polar surface area (TPSA) is 202 Å². The zero-order chi connectivity index (χ0) is 25.6. The largest absolute Gasteiger partial charge is 0.480 e. The summed E-state index contributed by atoms with van der Waals surface area (Å²) in [5.74, 6) is -2.88. The lowest BCUT2D eigenvalue weighted by atomic mass is 10.1. The second-order valence-electron chi connectivity index (χ2n) is 6.60. The minimum absolute atomic E-state index is 0.0192. The van der Waals surface area contributed by atoms with E-state index in [1.54, 1.807) is 19.1 Å². The molecule has 0 heterocycles. The van der Waals surface area contributed by atoms with Gasteiger partial charge in [-0.1, -0.05) is 17.7 Å². The standard InChI is InChI=1S/C12H21N3O6S.C7H8O3S/c1-2-21-10(17)5-14-11(18)8(6-22)15-9(16)4-3-7(13)12(19)20;1-6-2-4-7(5-3-6)11(8,9)10/h7-8,22H,2-6,13H2,1H3,(H,14,18)(H,15,16)(H,19,20);2-5H,1H3,(H,8,9,10). The van der Waals surface area contributed by atoms with Crippen LogP contribution >= 0.6 is 12.6 Å². The van der Waals surface area contributed by atoms with Crippen molar-refractivity contribution in [3.05, 3.63) is 29.8 Å². The summed E-state index contributed by atoms with van der Waals surface area (Å²) in [4.78, 5) is 44.9. The number of amides is 2. The molecule has 0 aliphatic heterocycles. The van der Waals surface area contributed by atoms with Gasteiger partial charge in [0.2, 0.25) is 11.8 Å². The summed E-state index contributed by atoms with van der Waals surface area (Å²) in [5, 5.41) is 13.3. The molecule has 33 heavy (non-hydrogen) atoms. The van der Waals surface area contributed by atoms with Crippen molar-refractivity contribution in [2.75, 3.05) is 18.9 Å². The first-order valence-corrected chi connectivity index (χ1v) is 11.7. The van der Waals surface area contributed by atoms with Gasteiger partial charge in [0.25, 0.3) is 10.1 Å². The Kier molecular flexibility index (Phi) is 14.0. The van der Waals surface area contributed by atoms with Crippen molar-refractivity contribution in [3.63, 3.8) is 0 Å². The van der Waals surface area contributed by atoms with Gasteiger partial charge in [-0.3, -0.25) is 23.7 Å². The molecule has 14 heteroatoms. The number of aryl methyl sites for hydroxylation is 1. The van der Waals surface area contributed by atoms with Gasteiger partial charge >= 0.3 is 11.9 Å². The number of nitrogens with one attached hydrogen (secondary N) is 2. The van der Waals surface area contributed by atoms with E-state index in [2.05, 4.69) is 28.0 Å². The highest BCUT2D eigenvalue weighted by molar-refractivity contribution is 7.85. The van der Waals surface area contributed by atoms with Crippen LogP contribution in [0.1, 0.15) is 25.3 Å². The van der Waals surface area contributed by atoms with Crippen LogP contribution in [0, 0.1) is 6.92 Å². The van der Waals surface area contributed by atoms with Crippen LogP contribution in [0.25, 0.3) is 0 Å². The van der Waals surface area contributed by atoms with Crippen molar-refractivity contribution in [1.82, 2.24) is 10.6 Å². The molecule has 0 aliphatic rings. The highest BCUT2D eigenvalue weighted by Gasteiger charge is 2.21. The van der Waals surface area contributed by atoms with Crippen molar-refractivity contribution >= 4 is 46.5 Å². The van der Waals surface area contributed by atoms with Gasteiger partial charge in [0.1, 0.15) is 18.6 Å². The first-order chi connectivity index (χ1) is 15.3. The average molecular weight is 508 g/mol. The zero-order valence-corrected chi connectivity index (χ0v) is 19.9. The first-order valence-electron chi connectivity index (χ1n) is 9.67. The molecule has 1 rings (SSSR count). The molecular formula is C19H29N3O9S2. The van der Waals surface area contributed by atoms with Crippen LogP contribution in [0.4, 0.5) is 0 Å². The number of benzene rings is 1. The lowest BCUT2D eigenvalue weighted by molar-refractivity contribution is -0.143. The summed E-state index contributed by atoms with van der Waals surface area (Å²) in [5.41, 5.74) is 6.23. The van der Waals surface area contributed by atoms with Gasteiger partial charge in [0.15, 0.2) is 0 Å². The van der Waals surface area contributed by atoms with Crippen molar-refractivity contribution in [2.45, 2.75) is 43.7 Å². The quantitative estimate of drug-likeness (QED) is 0.129. The van der Waals surface area contributed by atoms with E-state index in [0.717, 1.165) is 5.56 Å². The molecule has 0 spiro atoms. The molecule has 1 aromatic rings. The van der Waals surface area contributed by atoms with Gasteiger partial charge in [0, 0.05) is 12.2 Å². The maximum absolute atomic E-state index is 11.8. The number of rotatable bonds is 11. The summed E-state index contributed by atoms with van der Waals surface area (Å²) in [7, 11) is -4.02. The van der Waals surface area contributed by atoms with E-state index in [0.29, 0.717) is 0 Å².